The number of pyridine rings is 1. The summed E-state index contributed by atoms with van der Waals surface area (Å²) in [4.78, 5) is 10.5. The Morgan fingerprint density at radius 1 is 1.14 bits per heavy atom. The minimum Gasteiger partial charge on any atom is -0.329 e. The molecule has 2 aromatic heterocycles. The van der Waals surface area contributed by atoms with Crippen LogP contribution in [0.25, 0.3) is 22.1 Å². The van der Waals surface area contributed by atoms with E-state index in [1.165, 1.54) is 0 Å². The Morgan fingerprint density at radius 2 is 2.00 bits per heavy atom. The number of hydrogen-bond acceptors (Lipinski definition) is 2. The number of H-pyrrole nitrogens is 2. The number of rotatable bonds is 0. The van der Waals surface area contributed by atoms with Crippen LogP contribution in [-0.2, 0) is 0 Å². The highest BCUT2D eigenvalue weighted by Gasteiger charge is 1.99. The molecule has 0 unspecified atom stereocenters. The fourth-order valence-corrected chi connectivity index (χ4v) is 1.77. The molecule has 0 aliphatic carbocycles. The lowest BCUT2D eigenvalue weighted by molar-refractivity contribution is 1.28. The molecule has 0 saturated heterocycles. The topological polar surface area (TPSA) is 44.5 Å². The van der Waals surface area contributed by atoms with Gasteiger partial charge in [-0.15, -0.1) is 0 Å². The molecular formula is C10H7N3S. The van der Waals surface area contributed by atoms with Gasteiger partial charge >= 0.3 is 0 Å². The van der Waals surface area contributed by atoms with Gasteiger partial charge in [-0.05, 0) is 24.4 Å². The number of imidazole rings is 1. The van der Waals surface area contributed by atoms with E-state index in [-0.39, 0.29) is 0 Å². The monoisotopic (exact) mass is 201 g/mol. The molecule has 3 rings (SSSR count). The highest BCUT2D eigenvalue weighted by atomic mass is 32.1. The van der Waals surface area contributed by atoms with E-state index in [9.17, 15) is 0 Å². The number of nitrogens with zero attached hydrogens (tertiary/aromatic N) is 1. The van der Waals surface area contributed by atoms with Crippen LogP contribution in [0.4, 0.5) is 0 Å². The third-order valence-corrected chi connectivity index (χ3v) is 2.41. The van der Waals surface area contributed by atoms with E-state index in [1.54, 1.807) is 0 Å². The minimum absolute atomic E-state index is 0.614. The van der Waals surface area contributed by atoms with Crippen molar-refractivity contribution in [3.8, 4) is 0 Å². The molecule has 0 saturated carbocycles. The first-order valence-electron chi connectivity index (χ1n) is 4.31. The van der Waals surface area contributed by atoms with Crippen molar-refractivity contribution >= 4 is 34.3 Å². The summed E-state index contributed by atoms with van der Waals surface area (Å²) in [6.07, 6.45) is 0. The Bertz CT molecular complexity index is 610. The summed E-state index contributed by atoms with van der Waals surface area (Å²) in [6, 6.07) is 10.0. The van der Waals surface area contributed by atoms with Crippen molar-refractivity contribution in [2.24, 2.45) is 0 Å². The normalized spacial score (nSPS) is 11.1. The Labute approximate surface area is 84.8 Å². The molecule has 68 valence electrons. The van der Waals surface area contributed by atoms with E-state index in [0.29, 0.717) is 4.77 Å². The van der Waals surface area contributed by atoms with Crippen LogP contribution in [0.1, 0.15) is 0 Å². The molecule has 0 radical (unpaired) electrons. The molecule has 0 aliphatic heterocycles. The highest BCUT2D eigenvalue weighted by molar-refractivity contribution is 7.71. The van der Waals surface area contributed by atoms with Crippen LogP contribution in [0.5, 0.6) is 0 Å². The van der Waals surface area contributed by atoms with Crippen molar-refractivity contribution in [2.45, 2.75) is 0 Å². The number of aromatic nitrogens is 3. The average Bonchev–Trinajstić information content (AvgIpc) is 2.53. The summed E-state index contributed by atoms with van der Waals surface area (Å²) in [6.45, 7) is 0. The van der Waals surface area contributed by atoms with Gasteiger partial charge < -0.3 is 9.97 Å². The maximum atomic E-state index is 5.00. The van der Waals surface area contributed by atoms with Gasteiger partial charge in [0.2, 0.25) is 0 Å². The van der Waals surface area contributed by atoms with Crippen LogP contribution in [0, 0.1) is 4.77 Å². The van der Waals surface area contributed by atoms with Crippen molar-refractivity contribution in [3.63, 3.8) is 0 Å². The summed E-state index contributed by atoms with van der Waals surface area (Å²) >= 11 is 5.00. The first-order chi connectivity index (χ1) is 6.83. The zero-order valence-corrected chi connectivity index (χ0v) is 8.06. The minimum atomic E-state index is 0.614. The van der Waals surface area contributed by atoms with Crippen LogP contribution >= 0.6 is 12.2 Å². The van der Waals surface area contributed by atoms with E-state index < -0.39 is 0 Å². The van der Waals surface area contributed by atoms with Gasteiger partial charge in [0.1, 0.15) is 0 Å². The second-order valence-corrected chi connectivity index (χ2v) is 3.56. The summed E-state index contributed by atoms with van der Waals surface area (Å²) in [7, 11) is 0. The molecule has 0 amide bonds. The molecule has 0 bridgehead atoms. The lowest BCUT2D eigenvalue weighted by Gasteiger charge is -1.95. The van der Waals surface area contributed by atoms with Crippen molar-refractivity contribution in [2.75, 3.05) is 0 Å². The van der Waals surface area contributed by atoms with Crippen LogP contribution < -0.4 is 0 Å². The Hall–Kier alpha value is -1.68. The first-order valence-corrected chi connectivity index (χ1v) is 4.71. The SMILES string of the molecule is S=c1[nH]c2cc3ccccc3nc2[nH]1. The Morgan fingerprint density at radius 3 is 2.93 bits per heavy atom. The van der Waals surface area contributed by atoms with E-state index in [4.69, 9.17) is 12.2 Å². The first kappa shape index (κ1) is 7.70. The Kier molecular flexibility index (Phi) is 1.46. The molecule has 3 nitrogen and oxygen atoms in total. The van der Waals surface area contributed by atoms with E-state index in [2.05, 4.69) is 15.0 Å². The van der Waals surface area contributed by atoms with Crippen molar-refractivity contribution in [3.05, 3.63) is 35.1 Å². The number of hydrogen-bond donors (Lipinski definition) is 2. The molecule has 14 heavy (non-hydrogen) atoms. The molecule has 0 aliphatic rings. The van der Waals surface area contributed by atoms with E-state index in [1.807, 2.05) is 30.3 Å². The van der Waals surface area contributed by atoms with Crippen molar-refractivity contribution < 1.29 is 0 Å². The average molecular weight is 201 g/mol. The summed E-state index contributed by atoms with van der Waals surface area (Å²) < 4.78 is 0.614. The summed E-state index contributed by atoms with van der Waals surface area (Å²) in [5.41, 5.74) is 2.74. The lowest BCUT2D eigenvalue weighted by Crippen LogP contribution is -1.79. The molecule has 0 fully saturated rings. The zero-order chi connectivity index (χ0) is 9.54. The molecule has 1 aromatic carbocycles. The highest BCUT2D eigenvalue weighted by Crippen LogP contribution is 2.16. The summed E-state index contributed by atoms with van der Waals surface area (Å²) in [5.74, 6) is 0. The molecule has 2 heterocycles. The molecular weight excluding hydrogens is 194 g/mol. The predicted octanol–water partition coefficient (Wildman–Crippen LogP) is 2.77. The predicted molar refractivity (Wildman–Crippen MR) is 58.8 cm³/mol. The number of aromatic amines is 2. The van der Waals surface area contributed by atoms with Gasteiger partial charge in [0, 0.05) is 5.39 Å². The standard InChI is InChI=1S/C10H7N3S/c14-10-12-8-5-6-3-1-2-4-7(6)11-9(8)13-10/h1-5H,(H2,11,12,13,14). The van der Waals surface area contributed by atoms with Gasteiger partial charge in [0.05, 0.1) is 11.0 Å². The van der Waals surface area contributed by atoms with Gasteiger partial charge in [-0.2, -0.15) is 0 Å². The van der Waals surface area contributed by atoms with E-state index in [0.717, 1.165) is 22.1 Å². The van der Waals surface area contributed by atoms with E-state index >= 15 is 0 Å². The quantitative estimate of drug-likeness (QED) is 0.549. The van der Waals surface area contributed by atoms with Gasteiger partial charge in [0.25, 0.3) is 0 Å². The lowest BCUT2D eigenvalue weighted by atomic mass is 10.2. The maximum Gasteiger partial charge on any atom is 0.176 e. The van der Waals surface area contributed by atoms with Gasteiger partial charge in [-0.3, -0.25) is 0 Å². The fraction of sp³-hybridized carbons (Fsp3) is 0. The maximum absolute atomic E-state index is 5.00. The zero-order valence-electron chi connectivity index (χ0n) is 7.24. The molecule has 4 heteroatoms. The van der Waals surface area contributed by atoms with Crippen LogP contribution in [0.3, 0.4) is 0 Å². The Balaban J connectivity index is 2.57. The van der Waals surface area contributed by atoms with Crippen molar-refractivity contribution in [1.82, 2.24) is 15.0 Å². The number of para-hydroxylation sites is 1. The van der Waals surface area contributed by atoms with Gasteiger partial charge in [0.15, 0.2) is 10.4 Å². The number of benzene rings is 1. The summed E-state index contributed by atoms with van der Waals surface area (Å²) in [5, 5.41) is 1.12. The van der Waals surface area contributed by atoms with Crippen LogP contribution in [-0.4, -0.2) is 15.0 Å². The molecule has 0 atom stereocenters. The molecule has 3 aromatic rings. The third-order valence-electron chi connectivity index (χ3n) is 2.20. The molecule has 2 N–H and O–H groups in total. The fourth-order valence-electron chi connectivity index (χ4n) is 1.57. The smallest absolute Gasteiger partial charge is 0.176 e. The van der Waals surface area contributed by atoms with Gasteiger partial charge in [-0.1, -0.05) is 18.2 Å². The number of fused-ring (bicyclic) bond motifs is 2. The molecule has 0 spiro atoms. The van der Waals surface area contributed by atoms with Crippen LogP contribution in [0.15, 0.2) is 30.3 Å². The van der Waals surface area contributed by atoms with Gasteiger partial charge in [-0.25, -0.2) is 4.98 Å². The van der Waals surface area contributed by atoms with Crippen molar-refractivity contribution in [1.29, 1.82) is 0 Å². The number of nitrogens with one attached hydrogen (secondary N) is 2. The van der Waals surface area contributed by atoms with Crippen LogP contribution in [0.2, 0.25) is 0 Å². The largest absolute Gasteiger partial charge is 0.329 e. The second kappa shape index (κ2) is 2.65. The third kappa shape index (κ3) is 1.04. The second-order valence-electron chi connectivity index (χ2n) is 3.16.